The molecule has 1 aliphatic heterocycles. The van der Waals surface area contributed by atoms with E-state index in [0.29, 0.717) is 17.0 Å². The van der Waals surface area contributed by atoms with Crippen molar-refractivity contribution in [2.45, 2.75) is 45.0 Å². The fraction of sp³-hybridized carbons (Fsp3) is 0.417. The van der Waals surface area contributed by atoms with Crippen molar-refractivity contribution >= 4 is 23.5 Å². The van der Waals surface area contributed by atoms with E-state index in [4.69, 9.17) is 4.74 Å². The van der Waals surface area contributed by atoms with Crippen molar-refractivity contribution in [1.29, 1.82) is 0 Å². The minimum Gasteiger partial charge on any atom is -0.444 e. The molecule has 0 saturated carbocycles. The summed E-state index contributed by atoms with van der Waals surface area (Å²) in [6.45, 7) is 5.74. The van der Waals surface area contributed by atoms with E-state index >= 15 is 0 Å². The van der Waals surface area contributed by atoms with E-state index in [2.05, 4.69) is 20.7 Å². The topological polar surface area (TPSA) is 101 Å². The van der Waals surface area contributed by atoms with Crippen LogP contribution in [0.2, 0.25) is 0 Å². The zero-order valence-corrected chi connectivity index (χ0v) is 19.8. The summed E-state index contributed by atoms with van der Waals surface area (Å²) in [4.78, 5) is 30.8. The summed E-state index contributed by atoms with van der Waals surface area (Å²) >= 11 is 0. The van der Waals surface area contributed by atoms with Gasteiger partial charge in [-0.15, -0.1) is 0 Å². The van der Waals surface area contributed by atoms with Crippen molar-refractivity contribution in [3.8, 4) is 0 Å². The zero-order chi connectivity index (χ0) is 25.2. The van der Waals surface area contributed by atoms with Crippen molar-refractivity contribution in [2.24, 2.45) is 0 Å². The number of fused-ring (bicyclic) bond motifs is 1. The average Bonchev–Trinajstić information content (AvgIpc) is 3.38. The Bertz CT molecular complexity index is 1230. The number of ether oxygens (including phenoxy) is 1. The maximum atomic E-state index is 14.4. The van der Waals surface area contributed by atoms with Crippen LogP contribution in [-0.2, 0) is 4.74 Å². The molecule has 3 aromatic rings. The molecule has 1 saturated heterocycles. The van der Waals surface area contributed by atoms with Crippen LogP contribution in [0, 0.1) is 5.82 Å². The Morgan fingerprint density at radius 2 is 1.97 bits per heavy atom. The first-order valence-corrected chi connectivity index (χ1v) is 11.4. The molecule has 2 unspecified atom stereocenters. The minimum atomic E-state index is -1.09. The molecule has 0 spiro atoms. The summed E-state index contributed by atoms with van der Waals surface area (Å²) in [5.74, 6) is -0.334. The Hall–Kier alpha value is -3.76. The summed E-state index contributed by atoms with van der Waals surface area (Å²) in [6, 6.07) is 7.42. The van der Waals surface area contributed by atoms with Crippen LogP contribution in [0.25, 0.3) is 5.65 Å². The molecular formula is C24H28F2N6O3. The molecule has 1 fully saturated rings. The molecule has 2 atom stereocenters. The lowest BCUT2D eigenvalue weighted by molar-refractivity contribution is 0.0526. The van der Waals surface area contributed by atoms with Crippen LogP contribution in [-0.4, -0.2) is 58.0 Å². The van der Waals surface area contributed by atoms with Gasteiger partial charge in [0, 0.05) is 25.7 Å². The molecule has 1 aliphatic rings. The van der Waals surface area contributed by atoms with Gasteiger partial charge in [-0.25, -0.2) is 23.1 Å². The lowest BCUT2D eigenvalue weighted by atomic mass is 10.0. The van der Waals surface area contributed by atoms with E-state index in [1.807, 2.05) is 0 Å². The van der Waals surface area contributed by atoms with Crippen molar-refractivity contribution in [1.82, 2.24) is 25.2 Å². The van der Waals surface area contributed by atoms with Crippen LogP contribution in [0.3, 0.4) is 0 Å². The van der Waals surface area contributed by atoms with Crippen LogP contribution in [0.1, 0.15) is 49.2 Å². The molecule has 0 radical (unpaired) electrons. The van der Waals surface area contributed by atoms with Gasteiger partial charge in [0.15, 0.2) is 5.65 Å². The first-order chi connectivity index (χ1) is 16.6. The van der Waals surface area contributed by atoms with Gasteiger partial charge >= 0.3 is 6.09 Å². The van der Waals surface area contributed by atoms with Crippen LogP contribution >= 0.6 is 0 Å². The summed E-state index contributed by atoms with van der Waals surface area (Å²) in [5, 5.41) is 9.45. The molecule has 2 N–H and O–H groups in total. The number of carbonyl (C=O) groups excluding carboxylic acids is 2. The maximum absolute atomic E-state index is 14.4. The molecule has 3 heterocycles. The Kier molecular flexibility index (Phi) is 6.86. The molecule has 2 amide bonds. The van der Waals surface area contributed by atoms with Crippen LogP contribution in [0.4, 0.5) is 19.4 Å². The van der Waals surface area contributed by atoms with Gasteiger partial charge in [-0.1, -0.05) is 12.1 Å². The number of nitrogens with one attached hydrogen (secondary N) is 2. The fourth-order valence-corrected chi connectivity index (χ4v) is 4.00. The third-order valence-corrected chi connectivity index (χ3v) is 5.46. The van der Waals surface area contributed by atoms with Crippen LogP contribution in [0.15, 0.2) is 42.7 Å². The van der Waals surface area contributed by atoms with Crippen molar-refractivity contribution < 1.29 is 23.1 Å². The fourth-order valence-electron chi connectivity index (χ4n) is 4.00. The molecule has 11 heteroatoms. The first-order valence-electron chi connectivity index (χ1n) is 11.4. The number of alkyl halides is 1. The normalized spacial score (nSPS) is 18.0. The van der Waals surface area contributed by atoms with Gasteiger partial charge in [-0.3, -0.25) is 4.79 Å². The van der Waals surface area contributed by atoms with E-state index in [1.165, 1.54) is 22.8 Å². The maximum Gasteiger partial charge on any atom is 0.407 e. The SMILES string of the molecule is CC(C)(C)OC(=O)NCCNC(=O)c1cnn2ccc(N3CC(F)CC3c3cccc(F)c3)nc12. The third-order valence-electron chi connectivity index (χ3n) is 5.46. The molecule has 35 heavy (non-hydrogen) atoms. The summed E-state index contributed by atoms with van der Waals surface area (Å²) < 4.78 is 34.8. The van der Waals surface area contributed by atoms with E-state index in [1.54, 1.807) is 50.1 Å². The van der Waals surface area contributed by atoms with E-state index in [0.717, 1.165) is 0 Å². The standard InChI is InChI=1S/C24H28F2N6O3/c1-24(2,3)35-23(34)28-9-8-27-22(33)18-13-29-32-10-7-20(30-21(18)32)31-14-17(26)12-19(31)15-5-4-6-16(25)11-15/h4-7,10-11,13,17,19H,8-9,12,14H2,1-3H3,(H,27,33)(H,28,34). The van der Waals surface area contributed by atoms with Gasteiger partial charge in [-0.2, -0.15) is 5.10 Å². The molecule has 9 nitrogen and oxygen atoms in total. The van der Waals surface area contributed by atoms with Crippen molar-refractivity contribution in [2.75, 3.05) is 24.5 Å². The number of aromatic nitrogens is 3. The highest BCUT2D eigenvalue weighted by Crippen LogP contribution is 2.37. The van der Waals surface area contributed by atoms with Gasteiger partial charge in [0.2, 0.25) is 0 Å². The second kappa shape index (κ2) is 9.85. The van der Waals surface area contributed by atoms with Gasteiger partial charge in [-0.05, 0) is 44.5 Å². The second-order valence-corrected chi connectivity index (χ2v) is 9.35. The Labute approximate surface area is 201 Å². The molecule has 2 aromatic heterocycles. The number of halogens is 2. The monoisotopic (exact) mass is 486 g/mol. The molecule has 1 aromatic carbocycles. The Balaban J connectivity index is 1.46. The average molecular weight is 487 g/mol. The van der Waals surface area contributed by atoms with Crippen LogP contribution in [0.5, 0.6) is 0 Å². The van der Waals surface area contributed by atoms with E-state index in [-0.39, 0.29) is 43.5 Å². The Morgan fingerprint density at radius 3 is 2.71 bits per heavy atom. The molecule has 0 aliphatic carbocycles. The lowest BCUT2D eigenvalue weighted by Gasteiger charge is -2.25. The van der Waals surface area contributed by atoms with E-state index < -0.39 is 23.8 Å². The van der Waals surface area contributed by atoms with Gasteiger partial charge in [0.05, 0.1) is 18.8 Å². The van der Waals surface area contributed by atoms with Crippen molar-refractivity contribution in [3.63, 3.8) is 0 Å². The summed E-state index contributed by atoms with van der Waals surface area (Å²) in [6.07, 6.45) is 1.60. The number of rotatable bonds is 6. The summed E-state index contributed by atoms with van der Waals surface area (Å²) in [7, 11) is 0. The first kappa shape index (κ1) is 24.4. The zero-order valence-electron chi connectivity index (χ0n) is 19.8. The van der Waals surface area contributed by atoms with Gasteiger partial charge in [0.25, 0.3) is 5.91 Å². The third kappa shape index (κ3) is 5.84. The highest BCUT2D eigenvalue weighted by atomic mass is 19.1. The highest BCUT2D eigenvalue weighted by Gasteiger charge is 2.34. The number of anilines is 1. The van der Waals surface area contributed by atoms with Gasteiger partial charge in [0.1, 0.15) is 29.0 Å². The molecule has 0 bridgehead atoms. The number of amides is 2. The minimum absolute atomic E-state index is 0.107. The molecular weight excluding hydrogens is 458 g/mol. The van der Waals surface area contributed by atoms with Gasteiger partial charge < -0.3 is 20.3 Å². The molecule has 186 valence electrons. The quantitative estimate of drug-likeness (QED) is 0.518. The number of nitrogens with zero attached hydrogens (tertiary/aromatic N) is 4. The second-order valence-electron chi connectivity index (χ2n) is 9.35. The van der Waals surface area contributed by atoms with Crippen LogP contribution < -0.4 is 15.5 Å². The highest BCUT2D eigenvalue weighted by molar-refractivity contribution is 5.99. The lowest BCUT2D eigenvalue weighted by Crippen LogP contribution is -2.37. The number of carbonyl (C=O) groups is 2. The smallest absolute Gasteiger partial charge is 0.407 e. The van der Waals surface area contributed by atoms with Crippen molar-refractivity contribution in [3.05, 3.63) is 59.7 Å². The number of benzene rings is 1. The van der Waals surface area contributed by atoms with E-state index in [9.17, 15) is 18.4 Å². The number of hydrogen-bond acceptors (Lipinski definition) is 6. The number of alkyl carbamates (subject to hydrolysis) is 1. The summed E-state index contributed by atoms with van der Waals surface area (Å²) in [5.41, 5.74) is 0.595. The Morgan fingerprint density at radius 1 is 1.20 bits per heavy atom. The predicted molar refractivity (Wildman–Crippen MR) is 126 cm³/mol. The number of hydrogen-bond donors (Lipinski definition) is 2. The largest absolute Gasteiger partial charge is 0.444 e. The molecule has 4 rings (SSSR count). The predicted octanol–water partition coefficient (Wildman–Crippen LogP) is 3.41.